The van der Waals surface area contributed by atoms with E-state index in [4.69, 9.17) is 10.5 Å². The first kappa shape index (κ1) is 19.7. The van der Waals surface area contributed by atoms with Crippen LogP contribution in [0.3, 0.4) is 0 Å². The van der Waals surface area contributed by atoms with Gasteiger partial charge in [-0.1, -0.05) is 0 Å². The van der Waals surface area contributed by atoms with E-state index in [2.05, 4.69) is 0 Å². The summed E-state index contributed by atoms with van der Waals surface area (Å²) in [5.74, 6) is -1.35. The molecule has 2 aromatic rings. The molecule has 2 amide bonds. The van der Waals surface area contributed by atoms with Gasteiger partial charge in [0.2, 0.25) is 5.91 Å². The van der Waals surface area contributed by atoms with Crippen molar-refractivity contribution in [3.05, 3.63) is 40.5 Å². The molecular weight excluding hydrogens is 390 g/mol. The van der Waals surface area contributed by atoms with Crippen LogP contribution in [-0.4, -0.2) is 46.4 Å². The van der Waals surface area contributed by atoms with E-state index in [1.165, 1.54) is 9.78 Å². The van der Waals surface area contributed by atoms with Crippen LogP contribution in [0, 0.1) is 0 Å². The van der Waals surface area contributed by atoms with Gasteiger partial charge in [-0.3, -0.25) is 9.59 Å². The molecule has 1 aliphatic heterocycles. The molecule has 0 saturated carbocycles. The van der Waals surface area contributed by atoms with E-state index >= 15 is 0 Å². The standard InChI is InChI=1S/C21H25N3O4S/c22-19(26)15-8-3-4-12-24(15)17(25)13-28-21(27)18-14-7-1-2-9-16(14)29-20(18)23-10-5-6-11-23/h5-6,10-11,15H,1-4,7-9,12-13H2,(H2,22,26)/t15-/m1/s1. The van der Waals surface area contributed by atoms with Crippen LogP contribution < -0.4 is 5.73 Å². The van der Waals surface area contributed by atoms with Gasteiger partial charge in [-0.25, -0.2) is 4.79 Å². The molecule has 1 aliphatic carbocycles. The summed E-state index contributed by atoms with van der Waals surface area (Å²) in [5.41, 5.74) is 7.06. The number of amides is 2. The highest BCUT2D eigenvalue weighted by Crippen LogP contribution is 2.37. The Bertz CT molecular complexity index is 919. The fourth-order valence-corrected chi connectivity index (χ4v) is 5.56. The van der Waals surface area contributed by atoms with Gasteiger partial charge in [-0.2, -0.15) is 0 Å². The third-order valence-electron chi connectivity index (χ3n) is 5.67. The quantitative estimate of drug-likeness (QED) is 0.759. The highest BCUT2D eigenvalue weighted by atomic mass is 32.1. The molecule has 0 spiro atoms. The van der Waals surface area contributed by atoms with Crippen molar-refractivity contribution in [2.24, 2.45) is 5.73 Å². The first-order valence-corrected chi connectivity index (χ1v) is 10.9. The summed E-state index contributed by atoms with van der Waals surface area (Å²) < 4.78 is 7.37. The van der Waals surface area contributed by atoms with Gasteiger partial charge in [0, 0.05) is 23.8 Å². The van der Waals surface area contributed by atoms with Crippen molar-refractivity contribution in [3.63, 3.8) is 0 Å². The number of thiophene rings is 1. The Morgan fingerprint density at radius 3 is 2.62 bits per heavy atom. The van der Waals surface area contributed by atoms with E-state index in [1.807, 2.05) is 29.1 Å². The lowest BCUT2D eigenvalue weighted by Crippen LogP contribution is -2.51. The van der Waals surface area contributed by atoms with Gasteiger partial charge in [0.25, 0.3) is 5.91 Å². The zero-order valence-corrected chi connectivity index (χ0v) is 17.1. The minimum Gasteiger partial charge on any atom is -0.452 e. The first-order chi connectivity index (χ1) is 14.1. The highest BCUT2D eigenvalue weighted by molar-refractivity contribution is 7.15. The van der Waals surface area contributed by atoms with Crippen LogP contribution >= 0.6 is 11.3 Å². The number of aryl methyl sites for hydroxylation is 1. The van der Waals surface area contributed by atoms with Gasteiger partial charge in [-0.05, 0) is 62.6 Å². The third kappa shape index (κ3) is 3.94. The van der Waals surface area contributed by atoms with Crippen molar-refractivity contribution in [2.75, 3.05) is 13.2 Å². The number of likely N-dealkylation sites (tertiary alicyclic amines) is 1. The van der Waals surface area contributed by atoms with Crippen molar-refractivity contribution in [1.29, 1.82) is 0 Å². The molecular formula is C21H25N3O4S. The van der Waals surface area contributed by atoms with E-state index in [9.17, 15) is 14.4 Å². The molecule has 0 unspecified atom stereocenters. The molecule has 0 radical (unpaired) electrons. The number of piperidine rings is 1. The minimum atomic E-state index is -0.612. The number of hydrogen-bond donors (Lipinski definition) is 1. The topological polar surface area (TPSA) is 94.6 Å². The Labute approximate surface area is 173 Å². The Morgan fingerprint density at radius 2 is 1.86 bits per heavy atom. The maximum atomic E-state index is 13.0. The first-order valence-electron chi connectivity index (χ1n) is 10.1. The fraction of sp³-hybridized carbons (Fsp3) is 0.476. The second-order valence-corrected chi connectivity index (χ2v) is 8.64. The Morgan fingerprint density at radius 1 is 1.10 bits per heavy atom. The van der Waals surface area contributed by atoms with Gasteiger partial charge in [0.1, 0.15) is 11.0 Å². The summed E-state index contributed by atoms with van der Waals surface area (Å²) >= 11 is 1.62. The number of primary amides is 1. The van der Waals surface area contributed by atoms with E-state index in [0.717, 1.165) is 49.1 Å². The minimum absolute atomic E-state index is 0.367. The highest BCUT2D eigenvalue weighted by Gasteiger charge is 2.32. The molecule has 1 atom stereocenters. The van der Waals surface area contributed by atoms with Gasteiger partial charge >= 0.3 is 5.97 Å². The van der Waals surface area contributed by atoms with Gasteiger partial charge in [0.05, 0.1) is 5.56 Å². The van der Waals surface area contributed by atoms with Crippen LogP contribution in [0.5, 0.6) is 0 Å². The van der Waals surface area contributed by atoms with Crippen molar-refractivity contribution >= 4 is 29.1 Å². The molecule has 0 aromatic carbocycles. The number of carbonyl (C=O) groups excluding carboxylic acids is 3. The number of carbonyl (C=O) groups is 3. The number of nitrogens with two attached hydrogens (primary N) is 1. The normalized spacial score (nSPS) is 18.9. The molecule has 1 saturated heterocycles. The average Bonchev–Trinajstić information content (AvgIpc) is 3.39. The van der Waals surface area contributed by atoms with E-state index in [-0.39, 0.29) is 12.5 Å². The predicted octanol–water partition coefficient (Wildman–Crippen LogP) is 2.44. The lowest BCUT2D eigenvalue weighted by molar-refractivity contribution is -0.143. The second-order valence-electron chi connectivity index (χ2n) is 7.56. The summed E-state index contributed by atoms with van der Waals surface area (Å²) in [7, 11) is 0. The molecule has 2 aromatic heterocycles. The van der Waals surface area contributed by atoms with Crippen LogP contribution in [-0.2, 0) is 27.2 Å². The molecule has 7 nitrogen and oxygen atoms in total. The van der Waals surface area contributed by atoms with Crippen molar-refractivity contribution in [1.82, 2.24) is 9.47 Å². The van der Waals surface area contributed by atoms with E-state index in [1.54, 1.807) is 11.3 Å². The van der Waals surface area contributed by atoms with Crippen molar-refractivity contribution in [2.45, 2.75) is 51.0 Å². The van der Waals surface area contributed by atoms with E-state index in [0.29, 0.717) is 18.5 Å². The number of fused-ring (bicyclic) bond motifs is 1. The lowest BCUT2D eigenvalue weighted by Gasteiger charge is -2.33. The summed E-state index contributed by atoms with van der Waals surface area (Å²) in [4.78, 5) is 40.0. The monoisotopic (exact) mass is 415 g/mol. The van der Waals surface area contributed by atoms with Crippen LogP contribution in [0.2, 0.25) is 0 Å². The number of aromatic nitrogens is 1. The molecule has 29 heavy (non-hydrogen) atoms. The summed E-state index contributed by atoms with van der Waals surface area (Å²) in [6.07, 6.45) is 10.0. The number of hydrogen-bond acceptors (Lipinski definition) is 5. The zero-order chi connectivity index (χ0) is 20.4. The summed E-state index contributed by atoms with van der Waals surface area (Å²) in [5, 5.41) is 0.840. The number of nitrogens with zero attached hydrogens (tertiary/aromatic N) is 2. The summed E-state index contributed by atoms with van der Waals surface area (Å²) in [6, 6.07) is 3.22. The van der Waals surface area contributed by atoms with Crippen LogP contribution in [0.4, 0.5) is 0 Å². The SMILES string of the molecule is NC(=O)[C@H]1CCCCN1C(=O)COC(=O)c1c(-n2cccc2)sc2c1CCCC2. The molecule has 1 fully saturated rings. The number of rotatable bonds is 5. The van der Waals surface area contributed by atoms with Crippen LogP contribution in [0.1, 0.15) is 52.9 Å². The second kappa shape index (κ2) is 8.41. The molecule has 8 heteroatoms. The lowest BCUT2D eigenvalue weighted by atomic mass is 9.95. The maximum absolute atomic E-state index is 13.0. The smallest absolute Gasteiger partial charge is 0.341 e. The molecule has 0 bridgehead atoms. The third-order valence-corrected chi connectivity index (χ3v) is 6.98. The maximum Gasteiger partial charge on any atom is 0.341 e. The predicted molar refractivity (Wildman–Crippen MR) is 109 cm³/mol. The summed E-state index contributed by atoms with van der Waals surface area (Å²) in [6.45, 7) is 0.0881. The van der Waals surface area contributed by atoms with Crippen LogP contribution in [0.15, 0.2) is 24.5 Å². The largest absolute Gasteiger partial charge is 0.452 e. The molecule has 2 aliphatic rings. The van der Waals surface area contributed by atoms with Crippen LogP contribution in [0.25, 0.3) is 5.00 Å². The van der Waals surface area contributed by atoms with Crippen molar-refractivity contribution < 1.29 is 19.1 Å². The van der Waals surface area contributed by atoms with E-state index < -0.39 is 17.9 Å². The Balaban J connectivity index is 1.52. The van der Waals surface area contributed by atoms with Gasteiger partial charge in [-0.15, -0.1) is 11.3 Å². The Hall–Kier alpha value is -2.61. The molecule has 154 valence electrons. The number of esters is 1. The molecule has 2 N–H and O–H groups in total. The van der Waals surface area contributed by atoms with Crippen molar-refractivity contribution in [3.8, 4) is 5.00 Å². The van der Waals surface area contributed by atoms with Gasteiger partial charge in [0.15, 0.2) is 6.61 Å². The molecule has 3 heterocycles. The Kier molecular flexibility index (Phi) is 5.71. The van der Waals surface area contributed by atoms with Gasteiger partial charge < -0.3 is 19.9 Å². The number of ether oxygens (including phenoxy) is 1. The fourth-order valence-electron chi connectivity index (χ4n) is 4.22. The average molecular weight is 416 g/mol. The zero-order valence-electron chi connectivity index (χ0n) is 16.3. The molecule has 4 rings (SSSR count).